The predicted octanol–water partition coefficient (Wildman–Crippen LogP) is -0.283. The zero-order valence-corrected chi connectivity index (χ0v) is 11.5. The van der Waals surface area contributed by atoms with Crippen molar-refractivity contribution in [2.75, 3.05) is 5.32 Å². The van der Waals surface area contributed by atoms with E-state index >= 15 is 0 Å². The van der Waals surface area contributed by atoms with Gasteiger partial charge in [-0.25, -0.2) is 9.97 Å². The fraction of sp³-hybridized carbons (Fsp3) is 0.231. The van der Waals surface area contributed by atoms with Gasteiger partial charge in [0.2, 0.25) is 11.8 Å². The van der Waals surface area contributed by atoms with Crippen LogP contribution in [0.15, 0.2) is 30.7 Å². The van der Waals surface area contributed by atoms with Crippen LogP contribution in [0, 0.1) is 6.92 Å². The summed E-state index contributed by atoms with van der Waals surface area (Å²) in [6, 6.07) is 2.38. The van der Waals surface area contributed by atoms with Crippen molar-refractivity contribution in [1.29, 1.82) is 0 Å². The number of anilines is 1. The molecule has 0 spiro atoms. The summed E-state index contributed by atoms with van der Waals surface area (Å²) < 4.78 is 1.73. The molecule has 2 aromatic rings. The van der Waals surface area contributed by atoms with E-state index in [4.69, 9.17) is 11.5 Å². The Bertz CT molecular complexity index is 666. The van der Waals surface area contributed by atoms with Crippen LogP contribution < -0.4 is 16.8 Å². The number of nitrogens with zero attached hydrogens (tertiary/aromatic N) is 3. The molecule has 8 heteroatoms. The highest BCUT2D eigenvalue weighted by Gasteiger charge is 2.18. The molecule has 0 aliphatic heterocycles. The van der Waals surface area contributed by atoms with Gasteiger partial charge in [0.15, 0.2) is 5.82 Å². The Balaban J connectivity index is 2.24. The molecule has 1 atom stereocenters. The van der Waals surface area contributed by atoms with E-state index in [-0.39, 0.29) is 6.42 Å². The van der Waals surface area contributed by atoms with E-state index in [0.29, 0.717) is 11.5 Å². The van der Waals surface area contributed by atoms with E-state index < -0.39 is 17.9 Å². The number of carbonyl (C=O) groups is 2. The largest absolute Gasteiger partial charge is 0.370 e. The van der Waals surface area contributed by atoms with Crippen molar-refractivity contribution in [2.24, 2.45) is 11.5 Å². The van der Waals surface area contributed by atoms with E-state index in [1.165, 1.54) is 0 Å². The van der Waals surface area contributed by atoms with Crippen LogP contribution in [0.5, 0.6) is 0 Å². The standard InChI is InChI=1S/C13H16N6O2/c1-8-16-5-6-19(8)12-10(3-2-4-17-12)18-13(21)9(14)7-11(15)20/h2-6,9H,7,14H2,1H3,(H2,15,20)(H,18,21). The number of amides is 2. The lowest BCUT2D eigenvalue weighted by atomic mass is 10.2. The van der Waals surface area contributed by atoms with Crippen LogP contribution >= 0.6 is 0 Å². The van der Waals surface area contributed by atoms with Crippen LogP contribution in [-0.2, 0) is 9.59 Å². The van der Waals surface area contributed by atoms with Gasteiger partial charge < -0.3 is 16.8 Å². The van der Waals surface area contributed by atoms with Crippen LogP contribution in [0.2, 0.25) is 0 Å². The second-order valence-corrected chi connectivity index (χ2v) is 4.49. The normalized spacial score (nSPS) is 11.9. The van der Waals surface area contributed by atoms with E-state index in [9.17, 15) is 9.59 Å². The number of primary amides is 1. The maximum atomic E-state index is 12.0. The van der Waals surface area contributed by atoms with Gasteiger partial charge >= 0.3 is 0 Å². The lowest BCUT2D eigenvalue weighted by Crippen LogP contribution is -2.39. The molecule has 0 bridgehead atoms. The number of aromatic nitrogens is 3. The minimum absolute atomic E-state index is 0.217. The summed E-state index contributed by atoms with van der Waals surface area (Å²) in [5.74, 6) is 0.119. The molecule has 0 aliphatic rings. The number of nitrogens with one attached hydrogen (secondary N) is 1. The number of hydrogen-bond donors (Lipinski definition) is 3. The predicted molar refractivity (Wildman–Crippen MR) is 76.5 cm³/mol. The number of hydrogen-bond acceptors (Lipinski definition) is 5. The summed E-state index contributed by atoms with van der Waals surface area (Å²) >= 11 is 0. The van der Waals surface area contributed by atoms with Crippen LogP contribution in [0.25, 0.3) is 5.82 Å². The summed E-state index contributed by atoms with van der Waals surface area (Å²) in [5, 5.41) is 2.65. The molecule has 21 heavy (non-hydrogen) atoms. The minimum Gasteiger partial charge on any atom is -0.370 e. The Hall–Kier alpha value is -2.74. The molecule has 2 amide bonds. The second-order valence-electron chi connectivity index (χ2n) is 4.49. The first-order valence-electron chi connectivity index (χ1n) is 6.29. The number of aryl methyl sites for hydroxylation is 1. The topological polar surface area (TPSA) is 129 Å². The number of imidazole rings is 1. The smallest absolute Gasteiger partial charge is 0.241 e. The molecule has 2 rings (SSSR count). The van der Waals surface area contributed by atoms with Crippen molar-refractivity contribution < 1.29 is 9.59 Å². The number of carbonyl (C=O) groups excluding carboxylic acids is 2. The van der Waals surface area contributed by atoms with E-state index in [0.717, 1.165) is 5.82 Å². The molecule has 2 heterocycles. The second kappa shape index (κ2) is 6.14. The molecular formula is C13H16N6O2. The third-order valence-corrected chi connectivity index (χ3v) is 2.86. The lowest BCUT2D eigenvalue weighted by Gasteiger charge is -2.14. The minimum atomic E-state index is -1.00. The number of pyridine rings is 1. The molecule has 0 radical (unpaired) electrons. The molecular weight excluding hydrogens is 272 g/mol. The number of nitrogens with two attached hydrogens (primary N) is 2. The molecule has 5 N–H and O–H groups in total. The van der Waals surface area contributed by atoms with Gasteiger partial charge in [-0.2, -0.15) is 0 Å². The van der Waals surface area contributed by atoms with E-state index in [1.54, 1.807) is 35.3 Å². The van der Waals surface area contributed by atoms with Crippen LogP contribution in [0.1, 0.15) is 12.2 Å². The van der Waals surface area contributed by atoms with Gasteiger partial charge in [0.05, 0.1) is 18.2 Å². The van der Waals surface area contributed by atoms with Gasteiger partial charge in [-0.1, -0.05) is 0 Å². The Kier molecular flexibility index (Phi) is 4.29. The third-order valence-electron chi connectivity index (χ3n) is 2.86. The molecule has 110 valence electrons. The van der Waals surface area contributed by atoms with Gasteiger partial charge in [0, 0.05) is 18.6 Å². The highest BCUT2D eigenvalue weighted by molar-refractivity contribution is 5.98. The summed E-state index contributed by atoms with van der Waals surface area (Å²) in [4.78, 5) is 31.1. The van der Waals surface area contributed by atoms with Gasteiger partial charge in [0.1, 0.15) is 5.82 Å². The maximum absolute atomic E-state index is 12.0. The molecule has 0 aliphatic carbocycles. The quantitative estimate of drug-likeness (QED) is 0.696. The molecule has 0 aromatic carbocycles. The average Bonchev–Trinajstić information content (AvgIpc) is 2.84. The summed E-state index contributed by atoms with van der Waals surface area (Å²) in [6.45, 7) is 1.82. The van der Waals surface area contributed by atoms with Crippen molar-refractivity contribution in [2.45, 2.75) is 19.4 Å². The molecule has 0 fully saturated rings. The first kappa shape index (κ1) is 14.7. The SMILES string of the molecule is Cc1nccn1-c1ncccc1NC(=O)C(N)CC(N)=O. The van der Waals surface area contributed by atoms with E-state index in [1.807, 2.05) is 6.92 Å². The average molecular weight is 288 g/mol. The zero-order valence-electron chi connectivity index (χ0n) is 11.5. The molecule has 0 saturated carbocycles. The monoisotopic (exact) mass is 288 g/mol. The van der Waals surface area contributed by atoms with Crippen LogP contribution in [0.3, 0.4) is 0 Å². The molecule has 2 aromatic heterocycles. The Morgan fingerprint density at radius 1 is 1.38 bits per heavy atom. The lowest BCUT2D eigenvalue weighted by molar-refractivity contribution is -0.123. The highest BCUT2D eigenvalue weighted by Crippen LogP contribution is 2.18. The highest BCUT2D eigenvalue weighted by atomic mass is 16.2. The zero-order chi connectivity index (χ0) is 15.4. The van der Waals surface area contributed by atoms with Crippen molar-refractivity contribution in [3.05, 3.63) is 36.5 Å². The van der Waals surface area contributed by atoms with Gasteiger partial charge in [-0.05, 0) is 19.1 Å². The first-order valence-corrected chi connectivity index (χ1v) is 6.29. The van der Waals surface area contributed by atoms with Crippen LogP contribution in [-0.4, -0.2) is 32.4 Å². The van der Waals surface area contributed by atoms with Crippen molar-refractivity contribution >= 4 is 17.5 Å². The molecule has 0 saturated heterocycles. The first-order chi connectivity index (χ1) is 9.99. The maximum Gasteiger partial charge on any atom is 0.241 e. The Labute approximate surface area is 121 Å². The summed E-state index contributed by atoms with van der Waals surface area (Å²) in [7, 11) is 0. The third kappa shape index (κ3) is 3.42. The van der Waals surface area contributed by atoms with E-state index in [2.05, 4.69) is 15.3 Å². The Morgan fingerprint density at radius 2 is 2.14 bits per heavy atom. The van der Waals surface area contributed by atoms with Gasteiger partial charge in [0.25, 0.3) is 0 Å². The molecule has 1 unspecified atom stereocenters. The van der Waals surface area contributed by atoms with Crippen LogP contribution in [0.4, 0.5) is 5.69 Å². The Morgan fingerprint density at radius 3 is 2.76 bits per heavy atom. The van der Waals surface area contributed by atoms with Crippen molar-refractivity contribution in [3.8, 4) is 5.82 Å². The number of rotatable bonds is 5. The molecule has 8 nitrogen and oxygen atoms in total. The summed E-state index contributed by atoms with van der Waals surface area (Å²) in [5.41, 5.74) is 11.1. The summed E-state index contributed by atoms with van der Waals surface area (Å²) in [6.07, 6.45) is 4.75. The van der Waals surface area contributed by atoms with Crippen molar-refractivity contribution in [3.63, 3.8) is 0 Å². The fourth-order valence-corrected chi connectivity index (χ4v) is 1.82. The van der Waals surface area contributed by atoms with Crippen molar-refractivity contribution in [1.82, 2.24) is 14.5 Å². The fourth-order valence-electron chi connectivity index (χ4n) is 1.82. The van der Waals surface area contributed by atoms with Gasteiger partial charge in [-0.15, -0.1) is 0 Å². The van der Waals surface area contributed by atoms with Gasteiger partial charge in [-0.3, -0.25) is 14.2 Å².